The van der Waals surface area contributed by atoms with E-state index in [9.17, 15) is 14.5 Å². The molecule has 128 valence electrons. The quantitative estimate of drug-likeness (QED) is 0.640. The van der Waals surface area contributed by atoms with Gasteiger partial charge in [0.25, 0.3) is 5.69 Å². The van der Waals surface area contributed by atoms with Crippen molar-refractivity contribution in [2.75, 3.05) is 25.0 Å². The van der Waals surface area contributed by atoms with Crippen LogP contribution in [0.2, 0.25) is 0 Å². The highest BCUT2D eigenvalue weighted by Crippen LogP contribution is 2.29. The van der Waals surface area contributed by atoms with E-state index in [0.29, 0.717) is 12.2 Å². The topological polar surface area (TPSA) is 71.5 Å². The van der Waals surface area contributed by atoms with Gasteiger partial charge in [0.15, 0.2) is 0 Å². The third kappa shape index (κ3) is 3.73. The van der Waals surface area contributed by atoms with E-state index in [0.717, 1.165) is 37.8 Å². The first-order chi connectivity index (χ1) is 11.6. The van der Waals surface area contributed by atoms with Crippen molar-refractivity contribution in [3.05, 3.63) is 58.3 Å². The zero-order valence-corrected chi connectivity index (χ0v) is 13.3. The second kappa shape index (κ2) is 7.44. The van der Waals surface area contributed by atoms with Crippen molar-refractivity contribution >= 4 is 11.4 Å². The number of benzene rings is 1. The van der Waals surface area contributed by atoms with E-state index in [1.54, 1.807) is 6.26 Å². The Kier molecular flexibility index (Phi) is 5.10. The molecule has 0 radical (unpaired) electrons. The largest absolute Gasteiger partial charge is 0.468 e. The maximum absolute atomic E-state index is 13.3. The molecule has 6 nitrogen and oxygen atoms in total. The summed E-state index contributed by atoms with van der Waals surface area (Å²) in [4.78, 5) is 12.9. The van der Waals surface area contributed by atoms with Gasteiger partial charge in [-0.3, -0.25) is 15.0 Å². The second-order valence-corrected chi connectivity index (χ2v) is 5.93. The zero-order valence-electron chi connectivity index (χ0n) is 13.3. The van der Waals surface area contributed by atoms with E-state index in [1.807, 2.05) is 12.1 Å². The van der Waals surface area contributed by atoms with Gasteiger partial charge in [-0.25, -0.2) is 4.39 Å². The minimum absolute atomic E-state index is 0.00930. The lowest BCUT2D eigenvalue weighted by Gasteiger charge is -2.33. The summed E-state index contributed by atoms with van der Waals surface area (Å²) in [5.41, 5.74) is 0.0572. The highest BCUT2D eigenvalue weighted by atomic mass is 19.1. The lowest BCUT2D eigenvalue weighted by molar-refractivity contribution is -0.384. The number of piperidine rings is 1. The van der Waals surface area contributed by atoms with Crippen molar-refractivity contribution in [2.24, 2.45) is 0 Å². The van der Waals surface area contributed by atoms with Gasteiger partial charge in [-0.1, -0.05) is 6.42 Å². The summed E-state index contributed by atoms with van der Waals surface area (Å²) >= 11 is 0. The van der Waals surface area contributed by atoms with Gasteiger partial charge >= 0.3 is 0 Å². The highest BCUT2D eigenvalue weighted by molar-refractivity contribution is 5.61. The van der Waals surface area contributed by atoms with Crippen molar-refractivity contribution in [1.29, 1.82) is 0 Å². The van der Waals surface area contributed by atoms with Crippen LogP contribution in [0.5, 0.6) is 0 Å². The zero-order chi connectivity index (χ0) is 16.9. The van der Waals surface area contributed by atoms with Crippen molar-refractivity contribution in [1.82, 2.24) is 4.90 Å². The van der Waals surface area contributed by atoms with Crippen LogP contribution in [-0.4, -0.2) is 29.5 Å². The summed E-state index contributed by atoms with van der Waals surface area (Å²) in [6.07, 6.45) is 5.12. The maximum atomic E-state index is 13.3. The first kappa shape index (κ1) is 16.4. The molecule has 1 atom stereocenters. The number of hydrogen-bond acceptors (Lipinski definition) is 5. The molecule has 1 saturated heterocycles. The molecule has 1 N–H and O–H groups in total. The standard InChI is InChI=1S/C17H20FN3O3/c18-13-6-7-14(15(11-13)21(22)23)19-12-16(17-5-4-10-24-17)20-8-2-1-3-9-20/h4-7,10-11,16,19H,1-3,8-9,12H2. The average Bonchev–Trinajstić information content (AvgIpc) is 3.11. The Bertz CT molecular complexity index is 684. The van der Waals surface area contributed by atoms with Crippen molar-refractivity contribution in [3.8, 4) is 0 Å². The van der Waals surface area contributed by atoms with Gasteiger partial charge in [0.1, 0.15) is 17.3 Å². The number of nitro benzene ring substituents is 1. The lowest BCUT2D eigenvalue weighted by Crippen LogP contribution is -2.37. The summed E-state index contributed by atoms with van der Waals surface area (Å²) in [5, 5.41) is 14.2. The number of nitrogens with zero attached hydrogens (tertiary/aromatic N) is 2. The van der Waals surface area contributed by atoms with E-state index >= 15 is 0 Å². The Balaban J connectivity index is 1.77. The molecule has 0 spiro atoms. The number of likely N-dealkylation sites (tertiary alicyclic amines) is 1. The molecule has 3 rings (SSSR count). The number of furan rings is 1. The summed E-state index contributed by atoms with van der Waals surface area (Å²) in [6.45, 7) is 2.40. The Morgan fingerprint density at radius 2 is 2.08 bits per heavy atom. The fourth-order valence-corrected chi connectivity index (χ4v) is 3.13. The molecule has 0 amide bonds. The van der Waals surface area contributed by atoms with Gasteiger partial charge in [0.2, 0.25) is 0 Å². The van der Waals surface area contributed by atoms with Gasteiger partial charge < -0.3 is 9.73 Å². The van der Waals surface area contributed by atoms with E-state index in [-0.39, 0.29) is 11.7 Å². The van der Waals surface area contributed by atoms with E-state index in [2.05, 4.69) is 10.2 Å². The molecule has 7 heteroatoms. The maximum Gasteiger partial charge on any atom is 0.295 e. The Hall–Kier alpha value is -2.41. The Labute approximate surface area is 139 Å². The van der Waals surface area contributed by atoms with Crippen LogP contribution >= 0.6 is 0 Å². The van der Waals surface area contributed by atoms with Crippen LogP contribution in [-0.2, 0) is 0 Å². The van der Waals surface area contributed by atoms with Crippen LogP contribution in [0.1, 0.15) is 31.1 Å². The van der Waals surface area contributed by atoms with E-state index < -0.39 is 10.7 Å². The lowest BCUT2D eigenvalue weighted by atomic mass is 10.1. The molecular formula is C17H20FN3O3. The molecule has 1 fully saturated rings. The third-order valence-corrected chi connectivity index (χ3v) is 4.35. The summed E-state index contributed by atoms with van der Waals surface area (Å²) in [5.74, 6) is 0.208. The van der Waals surface area contributed by atoms with Gasteiger partial charge in [0.05, 0.1) is 23.3 Å². The molecule has 0 aliphatic carbocycles. The monoisotopic (exact) mass is 333 g/mol. The second-order valence-electron chi connectivity index (χ2n) is 5.93. The normalized spacial score (nSPS) is 16.7. The first-order valence-corrected chi connectivity index (χ1v) is 8.10. The van der Waals surface area contributed by atoms with Gasteiger partial charge in [-0.05, 0) is 50.2 Å². The number of nitrogens with one attached hydrogen (secondary N) is 1. The van der Waals surface area contributed by atoms with Crippen LogP contribution in [0, 0.1) is 15.9 Å². The number of nitro groups is 1. The van der Waals surface area contributed by atoms with Crippen molar-refractivity contribution < 1.29 is 13.7 Å². The minimum Gasteiger partial charge on any atom is -0.468 e. The SMILES string of the molecule is O=[N+]([O-])c1cc(F)ccc1NCC(c1ccco1)N1CCCCC1. The molecule has 0 saturated carbocycles. The van der Waals surface area contributed by atoms with Crippen LogP contribution in [0.25, 0.3) is 0 Å². The summed E-state index contributed by atoms with van der Waals surface area (Å²) in [7, 11) is 0. The summed E-state index contributed by atoms with van der Waals surface area (Å²) < 4.78 is 18.8. The number of anilines is 1. The van der Waals surface area contributed by atoms with Gasteiger partial charge in [-0.15, -0.1) is 0 Å². The molecule has 1 aliphatic heterocycles. The molecule has 24 heavy (non-hydrogen) atoms. The first-order valence-electron chi connectivity index (χ1n) is 8.10. The van der Waals surface area contributed by atoms with Crippen molar-refractivity contribution in [3.63, 3.8) is 0 Å². The van der Waals surface area contributed by atoms with Crippen LogP contribution in [0.3, 0.4) is 0 Å². The number of rotatable bonds is 6. The molecule has 2 heterocycles. The third-order valence-electron chi connectivity index (χ3n) is 4.35. The average molecular weight is 333 g/mol. The smallest absolute Gasteiger partial charge is 0.295 e. The predicted molar refractivity (Wildman–Crippen MR) is 88.4 cm³/mol. The fourth-order valence-electron chi connectivity index (χ4n) is 3.13. The number of halogens is 1. The molecule has 1 aliphatic rings. The molecule has 1 aromatic heterocycles. The van der Waals surface area contributed by atoms with E-state index in [1.165, 1.54) is 18.6 Å². The Morgan fingerprint density at radius 3 is 2.75 bits per heavy atom. The Morgan fingerprint density at radius 1 is 1.29 bits per heavy atom. The van der Waals surface area contributed by atoms with Gasteiger partial charge in [-0.2, -0.15) is 0 Å². The number of hydrogen-bond donors (Lipinski definition) is 1. The van der Waals surface area contributed by atoms with Gasteiger partial charge in [0, 0.05) is 6.54 Å². The van der Waals surface area contributed by atoms with Crippen LogP contribution in [0.15, 0.2) is 41.0 Å². The van der Waals surface area contributed by atoms with Crippen LogP contribution < -0.4 is 5.32 Å². The van der Waals surface area contributed by atoms with Crippen molar-refractivity contribution in [2.45, 2.75) is 25.3 Å². The predicted octanol–water partition coefficient (Wildman–Crippen LogP) is 3.97. The molecule has 1 aromatic carbocycles. The molecule has 1 unspecified atom stereocenters. The van der Waals surface area contributed by atoms with Crippen LogP contribution in [0.4, 0.5) is 15.8 Å². The molecular weight excluding hydrogens is 313 g/mol. The molecule has 2 aromatic rings. The summed E-state index contributed by atoms with van der Waals surface area (Å²) in [6, 6.07) is 7.31. The molecule has 0 bridgehead atoms. The highest BCUT2D eigenvalue weighted by Gasteiger charge is 2.25. The van der Waals surface area contributed by atoms with E-state index in [4.69, 9.17) is 4.42 Å². The minimum atomic E-state index is -0.620. The fraction of sp³-hybridized carbons (Fsp3) is 0.412.